The lowest BCUT2D eigenvalue weighted by Crippen LogP contribution is -2.03. The third-order valence-corrected chi connectivity index (χ3v) is 3.21. The van der Waals surface area contributed by atoms with Gasteiger partial charge in [0.25, 0.3) is 0 Å². The molecular weight excluding hydrogens is 257 g/mol. The fraction of sp³-hybridized carbons (Fsp3) is 0.167. The largest absolute Gasteiger partial charge is 0.368 e. The number of benzene rings is 1. The summed E-state index contributed by atoms with van der Waals surface area (Å²) in [5, 5.41) is 1.27. The van der Waals surface area contributed by atoms with Crippen molar-refractivity contribution < 1.29 is 0 Å². The molecule has 17 heavy (non-hydrogen) atoms. The standard InChI is InChI=1S/C12H11Cl2N3/c1-7-6-16-12(15)17-11(7)5-8-9(13)3-2-4-10(8)14/h2-4,6H,5H2,1H3,(H2,15,16,17). The number of aryl methyl sites for hydroxylation is 1. The Hall–Kier alpha value is -1.32. The molecule has 0 aliphatic carbocycles. The molecule has 0 atom stereocenters. The Labute approximate surface area is 110 Å². The van der Waals surface area contributed by atoms with Crippen LogP contribution in [0.25, 0.3) is 0 Å². The number of nitrogens with zero attached hydrogens (tertiary/aromatic N) is 2. The van der Waals surface area contributed by atoms with Gasteiger partial charge in [0.1, 0.15) is 0 Å². The fourth-order valence-corrected chi connectivity index (χ4v) is 2.07. The average Bonchev–Trinajstić information content (AvgIpc) is 2.28. The van der Waals surface area contributed by atoms with E-state index in [0.717, 1.165) is 16.8 Å². The van der Waals surface area contributed by atoms with E-state index in [4.69, 9.17) is 28.9 Å². The average molecular weight is 268 g/mol. The second kappa shape index (κ2) is 4.90. The van der Waals surface area contributed by atoms with Crippen LogP contribution in [0.15, 0.2) is 24.4 Å². The molecule has 0 fully saturated rings. The molecule has 0 saturated carbocycles. The number of aromatic nitrogens is 2. The van der Waals surface area contributed by atoms with E-state index >= 15 is 0 Å². The monoisotopic (exact) mass is 267 g/mol. The van der Waals surface area contributed by atoms with E-state index in [1.165, 1.54) is 0 Å². The number of halogens is 2. The summed E-state index contributed by atoms with van der Waals surface area (Å²) in [5.41, 5.74) is 8.24. The fourth-order valence-electron chi connectivity index (χ4n) is 1.54. The Bertz CT molecular complexity index is 535. The van der Waals surface area contributed by atoms with Gasteiger partial charge in [-0.2, -0.15) is 0 Å². The Balaban J connectivity index is 2.41. The highest BCUT2D eigenvalue weighted by atomic mass is 35.5. The maximum absolute atomic E-state index is 6.11. The topological polar surface area (TPSA) is 51.8 Å². The number of hydrogen-bond acceptors (Lipinski definition) is 3. The van der Waals surface area contributed by atoms with E-state index in [9.17, 15) is 0 Å². The van der Waals surface area contributed by atoms with Crippen LogP contribution >= 0.6 is 23.2 Å². The number of rotatable bonds is 2. The highest BCUT2D eigenvalue weighted by Crippen LogP contribution is 2.27. The van der Waals surface area contributed by atoms with E-state index < -0.39 is 0 Å². The molecule has 0 amide bonds. The molecule has 3 nitrogen and oxygen atoms in total. The first-order chi connectivity index (χ1) is 8.08. The number of nitrogens with two attached hydrogens (primary N) is 1. The van der Waals surface area contributed by atoms with Gasteiger partial charge in [-0.3, -0.25) is 0 Å². The third kappa shape index (κ3) is 2.68. The van der Waals surface area contributed by atoms with Gasteiger partial charge in [-0.15, -0.1) is 0 Å². The van der Waals surface area contributed by atoms with Crippen molar-refractivity contribution in [2.45, 2.75) is 13.3 Å². The van der Waals surface area contributed by atoms with Gasteiger partial charge < -0.3 is 5.73 Å². The highest BCUT2D eigenvalue weighted by molar-refractivity contribution is 6.36. The van der Waals surface area contributed by atoms with E-state index in [2.05, 4.69) is 9.97 Å². The molecule has 0 radical (unpaired) electrons. The maximum Gasteiger partial charge on any atom is 0.220 e. The summed E-state index contributed by atoms with van der Waals surface area (Å²) >= 11 is 12.2. The summed E-state index contributed by atoms with van der Waals surface area (Å²) in [6.45, 7) is 1.93. The zero-order valence-corrected chi connectivity index (χ0v) is 10.8. The zero-order valence-electron chi connectivity index (χ0n) is 9.24. The molecule has 2 N–H and O–H groups in total. The third-order valence-electron chi connectivity index (χ3n) is 2.50. The van der Waals surface area contributed by atoms with Crippen LogP contribution in [0.2, 0.25) is 10.0 Å². The molecule has 0 unspecified atom stereocenters. The molecule has 0 saturated heterocycles. The van der Waals surface area contributed by atoms with Crippen LogP contribution in [0, 0.1) is 6.92 Å². The molecule has 2 rings (SSSR count). The molecule has 0 spiro atoms. The summed E-state index contributed by atoms with van der Waals surface area (Å²) in [7, 11) is 0. The van der Waals surface area contributed by atoms with E-state index in [0.29, 0.717) is 16.5 Å². The molecule has 2 aromatic rings. The molecule has 0 aliphatic heterocycles. The van der Waals surface area contributed by atoms with Crippen LogP contribution < -0.4 is 5.73 Å². The van der Waals surface area contributed by atoms with Crippen molar-refractivity contribution in [3.63, 3.8) is 0 Å². The van der Waals surface area contributed by atoms with Gasteiger partial charge in [-0.05, 0) is 30.2 Å². The quantitative estimate of drug-likeness (QED) is 0.909. The lowest BCUT2D eigenvalue weighted by molar-refractivity contribution is 1.01. The van der Waals surface area contributed by atoms with Gasteiger partial charge in [0.2, 0.25) is 5.95 Å². The van der Waals surface area contributed by atoms with Crippen LogP contribution in [-0.2, 0) is 6.42 Å². The molecule has 1 heterocycles. The van der Waals surface area contributed by atoms with Gasteiger partial charge in [0, 0.05) is 22.7 Å². The Kier molecular flexibility index (Phi) is 3.50. The van der Waals surface area contributed by atoms with Gasteiger partial charge in [-0.1, -0.05) is 29.3 Å². The van der Waals surface area contributed by atoms with Crippen LogP contribution in [0.1, 0.15) is 16.8 Å². The van der Waals surface area contributed by atoms with Crippen molar-refractivity contribution in [3.8, 4) is 0 Å². The first-order valence-corrected chi connectivity index (χ1v) is 5.84. The minimum atomic E-state index is 0.258. The number of nitrogen functional groups attached to an aromatic ring is 1. The summed E-state index contributed by atoms with van der Waals surface area (Å²) in [4.78, 5) is 8.13. The van der Waals surface area contributed by atoms with Crippen molar-refractivity contribution in [2.24, 2.45) is 0 Å². The highest BCUT2D eigenvalue weighted by Gasteiger charge is 2.09. The SMILES string of the molecule is Cc1cnc(N)nc1Cc1c(Cl)cccc1Cl. The van der Waals surface area contributed by atoms with Crippen LogP contribution in [0.4, 0.5) is 5.95 Å². The molecular formula is C12H11Cl2N3. The molecule has 1 aromatic heterocycles. The predicted molar refractivity (Wildman–Crippen MR) is 70.4 cm³/mol. The van der Waals surface area contributed by atoms with Crippen molar-refractivity contribution in [1.82, 2.24) is 9.97 Å². The van der Waals surface area contributed by atoms with Crippen molar-refractivity contribution in [2.75, 3.05) is 5.73 Å². The summed E-state index contributed by atoms with van der Waals surface area (Å²) in [6.07, 6.45) is 2.25. The Morgan fingerprint density at radius 2 is 1.88 bits per heavy atom. The Morgan fingerprint density at radius 1 is 1.24 bits per heavy atom. The normalized spacial score (nSPS) is 10.5. The summed E-state index contributed by atoms with van der Waals surface area (Å²) < 4.78 is 0. The first-order valence-electron chi connectivity index (χ1n) is 5.09. The van der Waals surface area contributed by atoms with Crippen molar-refractivity contribution in [1.29, 1.82) is 0 Å². The second-order valence-corrected chi connectivity index (χ2v) is 4.55. The van der Waals surface area contributed by atoms with Crippen molar-refractivity contribution >= 4 is 29.2 Å². The van der Waals surface area contributed by atoms with Gasteiger partial charge in [-0.25, -0.2) is 9.97 Å². The number of anilines is 1. The van der Waals surface area contributed by atoms with Crippen LogP contribution in [0.5, 0.6) is 0 Å². The maximum atomic E-state index is 6.11. The molecule has 5 heteroatoms. The van der Waals surface area contributed by atoms with Crippen LogP contribution in [0.3, 0.4) is 0 Å². The molecule has 88 valence electrons. The van der Waals surface area contributed by atoms with Crippen molar-refractivity contribution in [3.05, 3.63) is 51.3 Å². The molecule has 0 aliphatic rings. The minimum Gasteiger partial charge on any atom is -0.368 e. The predicted octanol–water partition coefficient (Wildman–Crippen LogP) is 3.26. The summed E-state index contributed by atoms with van der Waals surface area (Å²) in [6, 6.07) is 5.43. The number of hydrogen-bond donors (Lipinski definition) is 1. The van der Waals surface area contributed by atoms with E-state index in [1.807, 2.05) is 25.1 Å². The molecule has 0 bridgehead atoms. The lowest BCUT2D eigenvalue weighted by Gasteiger charge is -2.08. The smallest absolute Gasteiger partial charge is 0.220 e. The van der Waals surface area contributed by atoms with Gasteiger partial charge >= 0.3 is 0 Å². The van der Waals surface area contributed by atoms with Gasteiger partial charge in [0.05, 0.1) is 5.69 Å². The van der Waals surface area contributed by atoms with E-state index in [1.54, 1.807) is 6.20 Å². The Morgan fingerprint density at radius 3 is 2.53 bits per heavy atom. The zero-order chi connectivity index (χ0) is 12.4. The van der Waals surface area contributed by atoms with E-state index in [-0.39, 0.29) is 5.95 Å². The van der Waals surface area contributed by atoms with Gasteiger partial charge in [0.15, 0.2) is 0 Å². The first kappa shape index (κ1) is 12.1. The van der Waals surface area contributed by atoms with Crippen LogP contribution in [-0.4, -0.2) is 9.97 Å². The summed E-state index contributed by atoms with van der Waals surface area (Å²) in [5.74, 6) is 0.258. The molecule has 1 aromatic carbocycles. The second-order valence-electron chi connectivity index (χ2n) is 3.73. The minimum absolute atomic E-state index is 0.258. The lowest BCUT2D eigenvalue weighted by atomic mass is 10.1.